The van der Waals surface area contributed by atoms with Crippen LogP contribution in [0, 0.1) is 47.3 Å². The van der Waals surface area contributed by atoms with Crippen LogP contribution in [0.15, 0.2) is 78.7 Å². The average Bonchev–Trinajstić information content (AvgIpc) is 3.70. The van der Waals surface area contributed by atoms with Crippen LogP contribution in [0.2, 0.25) is 0 Å². The van der Waals surface area contributed by atoms with Crippen molar-refractivity contribution >= 4 is 0 Å². The van der Waals surface area contributed by atoms with E-state index >= 15 is 0 Å². The monoisotopic (exact) mass is 602 g/mol. The van der Waals surface area contributed by atoms with Crippen molar-refractivity contribution in [3.05, 3.63) is 84.2 Å². The topological polar surface area (TPSA) is 36.1 Å². The van der Waals surface area contributed by atoms with Crippen molar-refractivity contribution in [2.75, 3.05) is 13.1 Å². The minimum absolute atomic E-state index is 0.308. The summed E-state index contributed by atoms with van der Waals surface area (Å²) in [6, 6.07) is 11.7. The summed E-state index contributed by atoms with van der Waals surface area (Å²) in [5.41, 5.74) is 5.19. The molecule has 2 aliphatic carbocycles. The number of nitrogens with one attached hydrogen (secondary N) is 3. The van der Waals surface area contributed by atoms with Crippen molar-refractivity contribution in [2.45, 2.75) is 112 Å². The second-order valence-electron chi connectivity index (χ2n) is 15.2. The minimum Gasteiger partial charge on any atom is -0.388 e. The van der Waals surface area contributed by atoms with Crippen LogP contribution in [-0.4, -0.2) is 25.2 Å². The largest absolute Gasteiger partial charge is 0.388 e. The van der Waals surface area contributed by atoms with E-state index in [9.17, 15) is 0 Å². The number of allylic oxidation sites excluding steroid dienone is 4. The standard InChI is InChI=1S/C41H67N3/c1-28(2)41(29(3)4)35(10)43-27-31(6)42-26-30(5)23-24-37-21-16-22-39(37)33(8)32(7)34(9)44-40(38-19-14-15-20-38)25-36-17-12-11-13-18-36/h11-15,17-19,28-30,32-33,35,37,39-44H,6,9,16,20-27H2,1-5,7-8,10H3/t30-,32+,33-,35?,37?,39?,40?/m1/s1. The smallest absolute Gasteiger partial charge is 0.0517 e. The van der Waals surface area contributed by atoms with Crippen LogP contribution in [0.3, 0.4) is 0 Å². The van der Waals surface area contributed by atoms with E-state index in [0.717, 1.165) is 43.5 Å². The summed E-state index contributed by atoms with van der Waals surface area (Å²) in [6.07, 6.45) is 15.6. The van der Waals surface area contributed by atoms with Crippen LogP contribution in [-0.2, 0) is 6.42 Å². The van der Waals surface area contributed by atoms with Gasteiger partial charge in [-0.15, -0.1) is 0 Å². The zero-order valence-electron chi connectivity index (χ0n) is 29.7. The third-order valence-electron chi connectivity index (χ3n) is 11.1. The van der Waals surface area contributed by atoms with Crippen LogP contribution in [0.4, 0.5) is 0 Å². The molecule has 4 unspecified atom stereocenters. The Morgan fingerprint density at radius 2 is 1.64 bits per heavy atom. The summed E-state index contributed by atoms with van der Waals surface area (Å²) in [6.45, 7) is 29.8. The van der Waals surface area contributed by atoms with E-state index < -0.39 is 0 Å². The van der Waals surface area contributed by atoms with E-state index in [1.165, 1.54) is 48.9 Å². The van der Waals surface area contributed by atoms with E-state index in [1.54, 1.807) is 0 Å². The highest BCUT2D eigenvalue weighted by Gasteiger charge is 2.35. The minimum atomic E-state index is 0.308. The molecular formula is C41H67N3. The van der Waals surface area contributed by atoms with Crippen LogP contribution in [0.1, 0.15) is 99.5 Å². The molecule has 44 heavy (non-hydrogen) atoms. The van der Waals surface area contributed by atoms with Crippen LogP contribution in [0.25, 0.3) is 0 Å². The van der Waals surface area contributed by atoms with Gasteiger partial charge in [0.05, 0.1) is 6.04 Å². The lowest BCUT2D eigenvalue weighted by Crippen LogP contribution is -2.41. The molecule has 2 aliphatic rings. The van der Waals surface area contributed by atoms with Gasteiger partial charge in [0, 0.05) is 30.5 Å². The molecular weight excluding hydrogens is 534 g/mol. The van der Waals surface area contributed by atoms with Crippen LogP contribution < -0.4 is 16.0 Å². The summed E-state index contributed by atoms with van der Waals surface area (Å²) in [5.74, 6) is 5.41. The normalized spacial score (nSPS) is 21.8. The fourth-order valence-electron chi connectivity index (χ4n) is 8.33. The van der Waals surface area contributed by atoms with Crippen molar-refractivity contribution in [1.29, 1.82) is 0 Å². The lowest BCUT2D eigenvalue weighted by molar-refractivity contribution is 0.208. The van der Waals surface area contributed by atoms with Crippen molar-refractivity contribution in [2.24, 2.45) is 47.3 Å². The van der Waals surface area contributed by atoms with Gasteiger partial charge in [-0.1, -0.05) is 123 Å². The number of rotatable bonds is 20. The molecule has 0 aliphatic heterocycles. The van der Waals surface area contributed by atoms with Crippen LogP contribution in [0.5, 0.6) is 0 Å². The molecule has 0 amide bonds. The highest BCUT2D eigenvalue weighted by atomic mass is 15.0. The molecule has 1 aromatic rings. The third-order valence-corrected chi connectivity index (χ3v) is 11.1. The van der Waals surface area contributed by atoms with Gasteiger partial charge >= 0.3 is 0 Å². The fourth-order valence-corrected chi connectivity index (χ4v) is 8.33. The summed E-state index contributed by atoms with van der Waals surface area (Å²) >= 11 is 0. The Morgan fingerprint density at radius 1 is 0.932 bits per heavy atom. The van der Waals surface area contributed by atoms with Crippen molar-refractivity contribution in [3.8, 4) is 0 Å². The first-order valence-corrected chi connectivity index (χ1v) is 18.0. The maximum absolute atomic E-state index is 4.61. The highest BCUT2D eigenvalue weighted by molar-refractivity contribution is 5.31. The molecule has 3 heteroatoms. The van der Waals surface area contributed by atoms with Crippen LogP contribution >= 0.6 is 0 Å². The van der Waals surface area contributed by atoms with Gasteiger partial charge in [-0.2, -0.15) is 0 Å². The number of hydrogen-bond donors (Lipinski definition) is 3. The van der Waals surface area contributed by atoms with Gasteiger partial charge in [-0.05, 0) is 97.5 Å². The Labute approximate surface area is 272 Å². The van der Waals surface area contributed by atoms with Gasteiger partial charge in [0.2, 0.25) is 0 Å². The zero-order chi connectivity index (χ0) is 32.2. The maximum Gasteiger partial charge on any atom is 0.0517 e. The maximum atomic E-state index is 4.61. The van der Waals surface area contributed by atoms with E-state index in [0.29, 0.717) is 47.6 Å². The fraction of sp³-hybridized carbons (Fsp3) is 0.659. The van der Waals surface area contributed by atoms with E-state index in [1.807, 2.05) is 0 Å². The first-order chi connectivity index (χ1) is 21.0. The lowest BCUT2D eigenvalue weighted by atomic mass is 9.75. The Hall–Kier alpha value is -2.26. The molecule has 0 aromatic heterocycles. The molecule has 0 heterocycles. The second kappa shape index (κ2) is 18.0. The SMILES string of the molecule is C=C(CNC(C)C(C(C)C)C(C)C)NC[C@H](C)CCC1CCCC1[C@H](C)[C@H](C)C(=C)NC(Cc1ccccc1)C1=CC=CC1. The van der Waals surface area contributed by atoms with Gasteiger partial charge in [-0.3, -0.25) is 0 Å². The second-order valence-corrected chi connectivity index (χ2v) is 15.2. The molecule has 1 saturated carbocycles. The van der Waals surface area contributed by atoms with Crippen molar-refractivity contribution in [1.82, 2.24) is 16.0 Å². The van der Waals surface area contributed by atoms with E-state index in [2.05, 4.69) is 133 Å². The Morgan fingerprint density at radius 3 is 2.27 bits per heavy atom. The van der Waals surface area contributed by atoms with E-state index in [4.69, 9.17) is 0 Å². The predicted octanol–water partition coefficient (Wildman–Crippen LogP) is 9.70. The van der Waals surface area contributed by atoms with Gasteiger partial charge < -0.3 is 16.0 Å². The predicted molar refractivity (Wildman–Crippen MR) is 193 cm³/mol. The van der Waals surface area contributed by atoms with Crippen molar-refractivity contribution < 1.29 is 0 Å². The number of hydrogen-bond acceptors (Lipinski definition) is 3. The molecule has 0 spiro atoms. The lowest BCUT2D eigenvalue weighted by Gasteiger charge is -2.34. The Bertz CT molecular complexity index is 1060. The molecule has 3 nitrogen and oxygen atoms in total. The highest BCUT2D eigenvalue weighted by Crippen LogP contribution is 2.43. The molecule has 0 saturated heterocycles. The molecule has 246 valence electrons. The Kier molecular flexibility index (Phi) is 14.8. The molecule has 1 aromatic carbocycles. The molecule has 3 rings (SSSR count). The summed E-state index contributed by atoms with van der Waals surface area (Å²) < 4.78 is 0. The third kappa shape index (κ3) is 11.0. The molecule has 7 atom stereocenters. The van der Waals surface area contributed by atoms with Crippen molar-refractivity contribution in [3.63, 3.8) is 0 Å². The van der Waals surface area contributed by atoms with E-state index in [-0.39, 0.29) is 0 Å². The van der Waals surface area contributed by atoms with Gasteiger partial charge in [-0.25, -0.2) is 0 Å². The first kappa shape index (κ1) is 36.2. The summed E-state index contributed by atoms with van der Waals surface area (Å²) in [4.78, 5) is 0. The number of benzene rings is 1. The quantitative estimate of drug-likeness (QED) is 0.139. The van der Waals surface area contributed by atoms with Gasteiger partial charge in [0.25, 0.3) is 0 Å². The Balaban J connectivity index is 1.44. The first-order valence-electron chi connectivity index (χ1n) is 18.0. The van der Waals surface area contributed by atoms with Gasteiger partial charge in [0.1, 0.15) is 0 Å². The average molecular weight is 602 g/mol. The molecule has 1 fully saturated rings. The molecule has 0 bridgehead atoms. The molecule has 0 radical (unpaired) electrons. The summed E-state index contributed by atoms with van der Waals surface area (Å²) in [5, 5.41) is 11.3. The summed E-state index contributed by atoms with van der Waals surface area (Å²) in [7, 11) is 0. The molecule has 3 N–H and O–H groups in total. The van der Waals surface area contributed by atoms with Gasteiger partial charge in [0.15, 0.2) is 0 Å². The zero-order valence-corrected chi connectivity index (χ0v) is 29.7.